The second-order valence-corrected chi connectivity index (χ2v) is 7.55. The third kappa shape index (κ3) is 3.46. The molecule has 0 spiro atoms. The van der Waals surface area contributed by atoms with E-state index < -0.39 is 22.0 Å². The molecule has 138 valence electrons. The Balaban J connectivity index is 1.74. The van der Waals surface area contributed by atoms with Crippen molar-refractivity contribution < 1.29 is 22.2 Å². The predicted octanol–water partition coefficient (Wildman–Crippen LogP) is 2.05. The second-order valence-electron chi connectivity index (χ2n) is 5.90. The first-order chi connectivity index (χ1) is 12.2. The molecule has 2 heterocycles. The third-order valence-electron chi connectivity index (χ3n) is 3.72. The molecule has 0 fully saturated rings. The highest BCUT2D eigenvalue weighted by Crippen LogP contribution is 2.21. The number of aromatic nitrogens is 2. The predicted molar refractivity (Wildman–Crippen MR) is 93.1 cm³/mol. The van der Waals surface area contributed by atoms with Gasteiger partial charge in [-0.2, -0.15) is 4.72 Å². The Morgan fingerprint density at radius 3 is 2.62 bits per heavy atom. The van der Waals surface area contributed by atoms with Crippen molar-refractivity contribution in [3.05, 3.63) is 35.5 Å². The molecule has 0 radical (unpaired) electrons. The molecule has 0 aliphatic rings. The van der Waals surface area contributed by atoms with Crippen molar-refractivity contribution in [3.8, 4) is 0 Å². The van der Waals surface area contributed by atoms with Crippen LogP contribution >= 0.6 is 0 Å². The maximum Gasteiger partial charge on any atom is 0.246 e. The van der Waals surface area contributed by atoms with Gasteiger partial charge in [-0.15, -0.1) is 0 Å². The van der Waals surface area contributed by atoms with E-state index in [9.17, 15) is 13.2 Å². The lowest BCUT2D eigenvalue weighted by Crippen LogP contribution is -2.41. The first kappa shape index (κ1) is 18.1. The Morgan fingerprint density at radius 2 is 1.96 bits per heavy atom. The van der Waals surface area contributed by atoms with Crippen LogP contribution < -0.4 is 10.0 Å². The summed E-state index contributed by atoms with van der Waals surface area (Å²) in [6.45, 7) is 6.18. The fraction of sp³-hybridized carbons (Fsp3) is 0.312. The van der Waals surface area contributed by atoms with Gasteiger partial charge in [0.25, 0.3) is 0 Å². The van der Waals surface area contributed by atoms with E-state index in [1.165, 1.54) is 20.8 Å². The molecule has 0 saturated heterocycles. The van der Waals surface area contributed by atoms with Crippen LogP contribution in [0.4, 0.5) is 5.69 Å². The third-order valence-corrected chi connectivity index (χ3v) is 5.51. The van der Waals surface area contributed by atoms with Crippen molar-refractivity contribution >= 4 is 32.7 Å². The lowest BCUT2D eigenvalue weighted by atomic mass is 10.2. The van der Waals surface area contributed by atoms with Crippen LogP contribution in [0.3, 0.4) is 0 Å². The van der Waals surface area contributed by atoms with Crippen LogP contribution in [0.2, 0.25) is 0 Å². The Labute approximate surface area is 149 Å². The van der Waals surface area contributed by atoms with E-state index in [0.717, 1.165) is 0 Å². The number of aryl methyl sites for hydroxylation is 3. The number of hydrogen-bond donors (Lipinski definition) is 2. The summed E-state index contributed by atoms with van der Waals surface area (Å²) in [7, 11) is -3.94. The molecule has 0 unspecified atom stereocenters. The first-order valence-corrected chi connectivity index (χ1v) is 9.29. The lowest BCUT2D eigenvalue weighted by molar-refractivity contribution is -0.117. The molecule has 2 N–H and O–H groups in total. The van der Waals surface area contributed by atoms with E-state index in [0.29, 0.717) is 22.7 Å². The van der Waals surface area contributed by atoms with Gasteiger partial charge in [-0.1, -0.05) is 5.16 Å². The van der Waals surface area contributed by atoms with Crippen LogP contribution in [-0.4, -0.2) is 30.5 Å². The van der Waals surface area contributed by atoms with Gasteiger partial charge < -0.3 is 14.3 Å². The number of sulfonamides is 1. The highest BCUT2D eigenvalue weighted by molar-refractivity contribution is 7.89. The average Bonchev–Trinajstić information content (AvgIpc) is 3.07. The number of carbonyl (C=O) groups is 1. The molecule has 0 aliphatic heterocycles. The summed E-state index contributed by atoms with van der Waals surface area (Å²) < 4.78 is 37.5. The van der Waals surface area contributed by atoms with Crippen molar-refractivity contribution in [1.29, 1.82) is 0 Å². The molecule has 10 heteroatoms. The Bertz CT molecular complexity index is 1060. The summed E-state index contributed by atoms with van der Waals surface area (Å²) in [5.74, 6) is 0.161. The fourth-order valence-electron chi connectivity index (χ4n) is 2.57. The smallest absolute Gasteiger partial charge is 0.246 e. The van der Waals surface area contributed by atoms with Gasteiger partial charge in [0.05, 0.1) is 6.04 Å². The number of benzene rings is 1. The molecule has 9 nitrogen and oxygen atoms in total. The van der Waals surface area contributed by atoms with Gasteiger partial charge >= 0.3 is 0 Å². The quantitative estimate of drug-likeness (QED) is 0.695. The van der Waals surface area contributed by atoms with E-state index in [1.807, 2.05) is 0 Å². The van der Waals surface area contributed by atoms with Crippen molar-refractivity contribution in [2.75, 3.05) is 5.32 Å². The fourth-order valence-corrected chi connectivity index (χ4v) is 4.10. The number of fused-ring (bicyclic) bond motifs is 1. The average molecular weight is 378 g/mol. The van der Waals surface area contributed by atoms with Gasteiger partial charge in [0.1, 0.15) is 16.1 Å². The topological polar surface area (TPSA) is 127 Å². The summed E-state index contributed by atoms with van der Waals surface area (Å²) in [5, 5.41) is 6.27. The standard InChI is InChI=1S/C16H18N4O5S/c1-8-15(10(3)25-19-8)26(22,23)20-9(2)16(21)18-12-5-6-13-14(7-12)24-11(4)17-13/h5-7,9,20H,1-4H3,(H,18,21)/t9-/m0/s1. The Hall–Kier alpha value is -2.72. The minimum Gasteiger partial charge on any atom is -0.441 e. The highest BCUT2D eigenvalue weighted by atomic mass is 32.2. The Kier molecular flexibility index (Phi) is 4.55. The van der Waals surface area contributed by atoms with Gasteiger partial charge in [0.15, 0.2) is 17.2 Å². The number of nitrogens with zero attached hydrogens (tertiary/aromatic N) is 2. The maximum absolute atomic E-state index is 12.5. The summed E-state index contributed by atoms with van der Waals surface area (Å²) in [6.07, 6.45) is 0. The zero-order valence-corrected chi connectivity index (χ0v) is 15.5. The molecule has 0 saturated carbocycles. The van der Waals surface area contributed by atoms with Crippen molar-refractivity contribution in [3.63, 3.8) is 0 Å². The molecule has 26 heavy (non-hydrogen) atoms. The van der Waals surface area contributed by atoms with Gasteiger partial charge in [0.2, 0.25) is 15.9 Å². The molecule has 1 aromatic carbocycles. The van der Waals surface area contributed by atoms with Crippen LogP contribution in [-0.2, 0) is 14.8 Å². The van der Waals surface area contributed by atoms with Crippen LogP contribution in [0.25, 0.3) is 11.1 Å². The Morgan fingerprint density at radius 1 is 1.23 bits per heavy atom. The van der Waals surface area contributed by atoms with E-state index in [2.05, 4.69) is 20.2 Å². The molecule has 2 aromatic heterocycles. The summed E-state index contributed by atoms with van der Waals surface area (Å²) in [5.41, 5.74) is 1.91. The van der Waals surface area contributed by atoms with Gasteiger partial charge in [0, 0.05) is 18.7 Å². The lowest BCUT2D eigenvalue weighted by Gasteiger charge is -2.14. The number of rotatable bonds is 5. The van der Waals surface area contributed by atoms with Crippen molar-refractivity contribution in [2.24, 2.45) is 0 Å². The summed E-state index contributed by atoms with van der Waals surface area (Å²) in [6, 6.07) is 3.99. The largest absolute Gasteiger partial charge is 0.441 e. The molecular weight excluding hydrogens is 360 g/mol. The number of amides is 1. The summed E-state index contributed by atoms with van der Waals surface area (Å²) >= 11 is 0. The number of nitrogens with one attached hydrogen (secondary N) is 2. The molecule has 0 aliphatic carbocycles. The molecule has 1 atom stereocenters. The van der Waals surface area contributed by atoms with Crippen LogP contribution in [0.15, 0.2) is 32.0 Å². The molecule has 0 bridgehead atoms. The number of carbonyl (C=O) groups excluding carboxylic acids is 1. The second kappa shape index (κ2) is 6.54. The number of oxazole rings is 1. The van der Waals surface area contributed by atoms with Gasteiger partial charge in [-0.25, -0.2) is 13.4 Å². The van der Waals surface area contributed by atoms with Crippen molar-refractivity contribution in [2.45, 2.75) is 38.6 Å². The molecule has 3 aromatic rings. The molecule has 1 amide bonds. The van der Waals surface area contributed by atoms with Crippen LogP contribution in [0.5, 0.6) is 0 Å². The van der Waals surface area contributed by atoms with Crippen molar-refractivity contribution in [1.82, 2.24) is 14.9 Å². The summed E-state index contributed by atoms with van der Waals surface area (Å²) in [4.78, 5) is 16.5. The first-order valence-electron chi connectivity index (χ1n) is 7.80. The van der Waals surface area contributed by atoms with Gasteiger partial charge in [-0.3, -0.25) is 4.79 Å². The van der Waals surface area contributed by atoms with E-state index in [-0.39, 0.29) is 16.3 Å². The van der Waals surface area contributed by atoms with Crippen LogP contribution in [0, 0.1) is 20.8 Å². The molecular formula is C16H18N4O5S. The minimum absolute atomic E-state index is 0.0595. The SMILES string of the molecule is Cc1nc2ccc(NC(=O)[C@H](C)NS(=O)(=O)c3c(C)noc3C)cc2o1. The zero-order chi connectivity index (χ0) is 19.1. The van der Waals surface area contributed by atoms with Crippen LogP contribution in [0.1, 0.15) is 24.3 Å². The number of hydrogen-bond acceptors (Lipinski definition) is 7. The normalized spacial score (nSPS) is 13.1. The number of anilines is 1. The monoisotopic (exact) mass is 378 g/mol. The van der Waals surface area contributed by atoms with E-state index in [4.69, 9.17) is 8.94 Å². The minimum atomic E-state index is -3.94. The van der Waals surface area contributed by atoms with E-state index in [1.54, 1.807) is 25.1 Å². The van der Waals surface area contributed by atoms with E-state index >= 15 is 0 Å². The highest BCUT2D eigenvalue weighted by Gasteiger charge is 2.28. The maximum atomic E-state index is 12.5. The zero-order valence-electron chi connectivity index (χ0n) is 14.7. The molecule has 3 rings (SSSR count). The van der Waals surface area contributed by atoms with Gasteiger partial charge in [-0.05, 0) is 32.9 Å².